The molecule has 1 aromatic rings. The summed E-state index contributed by atoms with van der Waals surface area (Å²) in [7, 11) is 2.09. The summed E-state index contributed by atoms with van der Waals surface area (Å²) in [5.41, 5.74) is 5.88. The van der Waals surface area contributed by atoms with Crippen molar-refractivity contribution < 1.29 is 9.13 Å². The van der Waals surface area contributed by atoms with E-state index in [0.717, 1.165) is 19.5 Å². The highest BCUT2D eigenvalue weighted by atomic mass is 19.1. The van der Waals surface area contributed by atoms with Gasteiger partial charge in [0, 0.05) is 24.2 Å². The van der Waals surface area contributed by atoms with Crippen LogP contribution < -0.4 is 10.5 Å². The number of benzene rings is 1. The van der Waals surface area contributed by atoms with Gasteiger partial charge < -0.3 is 15.4 Å². The van der Waals surface area contributed by atoms with Crippen molar-refractivity contribution in [1.82, 2.24) is 4.90 Å². The fourth-order valence-corrected chi connectivity index (χ4v) is 2.00. The molecule has 1 heterocycles. The fourth-order valence-electron chi connectivity index (χ4n) is 2.00. The number of nitrogen functional groups attached to an aromatic ring is 1. The molecule has 0 spiro atoms. The van der Waals surface area contributed by atoms with Crippen molar-refractivity contribution in [1.29, 1.82) is 0 Å². The zero-order valence-electron chi connectivity index (χ0n) is 9.45. The van der Waals surface area contributed by atoms with Gasteiger partial charge in [-0.3, -0.25) is 0 Å². The van der Waals surface area contributed by atoms with Crippen molar-refractivity contribution in [3.8, 4) is 5.75 Å². The lowest BCUT2D eigenvalue weighted by molar-refractivity contribution is 0.240. The van der Waals surface area contributed by atoms with Crippen LogP contribution in [0.1, 0.15) is 6.42 Å². The Hall–Kier alpha value is -1.29. The third-order valence-electron chi connectivity index (χ3n) is 2.92. The van der Waals surface area contributed by atoms with Crippen molar-refractivity contribution >= 4 is 5.69 Å². The Kier molecular flexibility index (Phi) is 3.29. The molecule has 0 aliphatic carbocycles. The molecule has 1 unspecified atom stereocenters. The van der Waals surface area contributed by atoms with Crippen LogP contribution in [0, 0.1) is 11.7 Å². The summed E-state index contributed by atoms with van der Waals surface area (Å²) in [5, 5.41) is 0. The van der Waals surface area contributed by atoms with E-state index in [1.807, 2.05) is 0 Å². The molecule has 0 amide bonds. The third-order valence-corrected chi connectivity index (χ3v) is 2.92. The molecule has 1 aromatic carbocycles. The molecule has 2 rings (SSSR count). The molecule has 16 heavy (non-hydrogen) atoms. The molecular weight excluding hydrogens is 207 g/mol. The molecule has 4 heteroatoms. The Labute approximate surface area is 95.0 Å². The number of hydrogen-bond donors (Lipinski definition) is 1. The number of nitrogens with two attached hydrogens (primary N) is 1. The molecule has 1 fully saturated rings. The van der Waals surface area contributed by atoms with E-state index in [1.165, 1.54) is 6.07 Å². The highest BCUT2D eigenvalue weighted by Gasteiger charge is 2.20. The summed E-state index contributed by atoms with van der Waals surface area (Å²) in [5.74, 6) is 0.414. The summed E-state index contributed by atoms with van der Waals surface area (Å²) < 4.78 is 18.9. The SMILES string of the molecule is CN1CCC(COc2ccc(N)cc2F)C1. The summed E-state index contributed by atoms with van der Waals surface area (Å²) in [6, 6.07) is 4.53. The molecular formula is C12H17FN2O. The number of halogens is 1. The summed E-state index contributed by atoms with van der Waals surface area (Å²) in [6.07, 6.45) is 1.12. The molecule has 1 atom stereocenters. The number of rotatable bonds is 3. The number of nitrogens with zero attached hydrogens (tertiary/aromatic N) is 1. The highest BCUT2D eigenvalue weighted by molar-refractivity contribution is 5.42. The van der Waals surface area contributed by atoms with E-state index in [4.69, 9.17) is 10.5 Å². The summed E-state index contributed by atoms with van der Waals surface area (Å²) in [4.78, 5) is 2.26. The van der Waals surface area contributed by atoms with Crippen LogP contribution in [-0.2, 0) is 0 Å². The van der Waals surface area contributed by atoms with E-state index in [9.17, 15) is 4.39 Å². The van der Waals surface area contributed by atoms with Gasteiger partial charge in [0.25, 0.3) is 0 Å². The Balaban J connectivity index is 1.89. The normalized spacial score (nSPS) is 21.2. The monoisotopic (exact) mass is 224 g/mol. The predicted molar refractivity (Wildman–Crippen MR) is 61.9 cm³/mol. The molecule has 0 radical (unpaired) electrons. The molecule has 3 nitrogen and oxygen atoms in total. The van der Waals surface area contributed by atoms with E-state index in [0.29, 0.717) is 24.0 Å². The van der Waals surface area contributed by atoms with Crippen molar-refractivity contribution in [2.45, 2.75) is 6.42 Å². The Morgan fingerprint density at radius 3 is 3.00 bits per heavy atom. The van der Waals surface area contributed by atoms with E-state index in [2.05, 4.69) is 11.9 Å². The maximum absolute atomic E-state index is 13.4. The van der Waals surface area contributed by atoms with Crippen LogP contribution in [0.25, 0.3) is 0 Å². The van der Waals surface area contributed by atoms with Crippen molar-refractivity contribution in [3.63, 3.8) is 0 Å². The standard InChI is InChI=1S/C12H17FN2O/c1-15-5-4-9(7-15)8-16-12-3-2-10(14)6-11(12)13/h2-3,6,9H,4-5,7-8,14H2,1H3. The van der Waals surface area contributed by atoms with Gasteiger partial charge in [0.2, 0.25) is 0 Å². The van der Waals surface area contributed by atoms with Crippen molar-refractivity contribution in [3.05, 3.63) is 24.0 Å². The van der Waals surface area contributed by atoms with Crippen LogP contribution in [0.15, 0.2) is 18.2 Å². The molecule has 1 saturated heterocycles. The molecule has 0 saturated carbocycles. The second kappa shape index (κ2) is 4.70. The minimum atomic E-state index is -0.383. The van der Waals surface area contributed by atoms with E-state index in [1.54, 1.807) is 12.1 Å². The quantitative estimate of drug-likeness (QED) is 0.795. The van der Waals surface area contributed by atoms with Crippen LogP contribution >= 0.6 is 0 Å². The minimum absolute atomic E-state index is 0.295. The molecule has 0 aromatic heterocycles. The van der Waals surface area contributed by atoms with Crippen LogP contribution in [-0.4, -0.2) is 31.6 Å². The van der Waals surface area contributed by atoms with Crippen molar-refractivity contribution in [2.75, 3.05) is 32.5 Å². The average molecular weight is 224 g/mol. The number of hydrogen-bond acceptors (Lipinski definition) is 3. The van der Waals surface area contributed by atoms with Crippen LogP contribution in [0.2, 0.25) is 0 Å². The first-order valence-corrected chi connectivity index (χ1v) is 5.51. The minimum Gasteiger partial charge on any atom is -0.490 e. The average Bonchev–Trinajstić information content (AvgIpc) is 2.63. The van der Waals surface area contributed by atoms with Gasteiger partial charge in [0.1, 0.15) is 0 Å². The zero-order chi connectivity index (χ0) is 11.5. The number of anilines is 1. The van der Waals surface area contributed by atoms with Crippen LogP contribution in [0.4, 0.5) is 10.1 Å². The van der Waals surface area contributed by atoms with Crippen LogP contribution in [0.5, 0.6) is 5.75 Å². The van der Waals surface area contributed by atoms with Gasteiger partial charge in [-0.1, -0.05) is 0 Å². The van der Waals surface area contributed by atoms with E-state index >= 15 is 0 Å². The maximum Gasteiger partial charge on any atom is 0.167 e. The van der Waals surface area contributed by atoms with Gasteiger partial charge in [0.05, 0.1) is 6.61 Å². The maximum atomic E-state index is 13.4. The Morgan fingerprint density at radius 1 is 1.56 bits per heavy atom. The molecule has 1 aliphatic heterocycles. The summed E-state index contributed by atoms with van der Waals surface area (Å²) >= 11 is 0. The van der Waals surface area contributed by atoms with E-state index in [-0.39, 0.29) is 5.82 Å². The van der Waals surface area contributed by atoms with Crippen molar-refractivity contribution in [2.24, 2.45) is 5.92 Å². The van der Waals surface area contributed by atoms with E-state index < -0.39 is 0 Å². The lowest BCUT2D eigenvalue weighted by atomic mass is 10.1. The zero-order valence-corrected chi connectivity index (χ0v) is 9.45. The second-order valence-electron chi connectivity index (χ2n) is 4.42. The first-order valence-electron chi connectivity index (χ1n) is 5.51. The first kappa shape index (κ1) is 11.2. The topological polar surface area (TPSA) is 38.5 Å². The molecule has 1 aliphatic rings. The van der Waals surface area contributed by atoms with Gasteiger partial charge >= 0.3 is 0 Å². The van der Waals surface area contributed by atoms with Gasteiger partial charge in [-0.25, -0.2) is 4.39 Å². The van der Waals surface area contributed by atoms with Gasteiger partial charge in [-0.05, 0) is 32.1 Å². The lowest BCUT2D eigenvalue weighted by Gasteiger charge is -2.12. The Morgan fingerprint density at radius 2 is 2.38 bits per heavy atom. The summed E-state index contributed by atoms with van der Waals surface area (Å²) in [6.45, 7) is 2.69. The fraction of sp³-hybridized carbons (Fsp3) is 0.500. The van der Waals surface area contributed by atoms with Gasteiger partial charge in [-0.15, -0.1) is 0 Å². The largest absolute Gasteiger partial charge is 0.490 e. The van der Waals surface area contributed by atoms with Gasteiger partial charge in [-0.2, -0.15) is 0 Å². The Bertz CT molecular complexity index is 370. The number of ether oxygens (including phenoxy) is 1. The first-order chi connectivity index (χ1) is 7.65. The highest BCUT2D eigenvalue weighted by Crippen LogP contribution is 2.21. The predicted octanol–water partition coefficient (Wildman–Crippen LogP) is 1.74. The smallest absolute Gasteiger partial charge is 0.167 e. The third kappa shape index (κ3) is 2.64. The number of likely N-dealkylation sites (tertiary alicyclic amines) is 1. The van der Waals surface area contributed by atoms with Gasteiger partial charge in [0.15, 0.2) is 11.6 Å². The van der Waals surface area contributed by atoms with Crippen LogP contribution in [0.3, 0.4) is 0 Å². The lowest BCUT2D eigenvalue weighted by Crippen LogP contribution is -2.18. The molecule has 0 bridgehead atoms. The second-order valence-corrected chi connectivity index (χ2v) is 4.42. The molecule has 2 N–H and O–H groups in total. The molecule has 88 valence electrons.